The van der Waals surface area contributed by atoms with E-state index in [2.05, 4.69) is 31.1 Å². The molecular weight excluding hydrogens is 493 g/mol. The Morgan fingerprint density at radius 3 is 2.31 bits per heavy atom. The fourth-order valence-electron chi connectivity index (χ4n) is 3.39. The highest BCUT2D eigenvalue weighted by Crippen LogP contribution is 2.37. The van der Waals surface area contributed by atoms with Crippen molar-refractivity contribution in [3.63, 3.8) is 0 Å². The van der Waals surface area contributed by atoms with Crippen molar-refractivity contribution in [3.8, 4) is 17.0 Å². The molecular formula is C26H27F3N2O4S. The zero-order valence-corrected chi connectivity index (χ0v) is 20.9. The van der Waals surface area contributed by atoms with Crippen LogP contribution in [0.25, 0.3) is 11.3 Å². The Hall–Kier alpha value is -3.40. The SMILES string of the molecule is CC(C)(C)C[C@@H](Oc1ccc(-c2ccc(C(F)(F)F)cc2)nc1)c1ccc(C(=O)NCCC(=O)O)s1. The minimum absolute atomic E-state index is 0.0419. The summed E-state index contributed by atoms with van der Waals surface area (Å²) in [6, 6.07) is 11.7. The lowest BCUT2D eigenvalue weighted by Gasteiger charge is -2.26. The van der Waals surface area contributed by atoms with Gasteiger partial charge < -0.3 is 15.2 Å². The normalized spacial score (nSPS) is 12.7. The van der Waals surface area contributed by atoms with Crippen molar-refractivity contribution < 1.29 is 32.6 Å². The number of pyridine rings is 1. The van der Waals surface area contributed by atoms with Crippen LogP contribution >= 0.6 is 11.3 Å². The summed E-state index contributed by atoms with van der Waals surface area (Å²) in [5, 5.41) is 11.3. The lowest BCUT2D eigenvalue weighted by Crippen LogP contribution is -2.25. The third kappa shape index (κ3) is 7.81. The molecule has 0 fully saturated rings. The average Bonchev–Trinajstić information content (AvgIpc) is 3.28. The molecule has 0 saturated heterocycles. The molecule has 3 rings (SSSR count). The Morgan fingerprint density at radius 2 is 1.75 bits per heavy atom. The first-order chi connectivity index (χ1) is 16.8. The van der Waals surface area contributed by atoms with E-state index in [9.17, 15) is 22.8 Å². The van der Waals surface area contributed by atoms with E-state index in [-0.39, 0.29) is 30.4 Å². The molecule has 0 aliphatic heterocycles. The number of nitrogens with zero attached hydrogens (tertiary/aromatic N) is 1. The number of aliphatic carboxylic acids is 1. The van der Waals surface area contributed by atoms with Crippen LogP contribution in [0.15, 0.2) is 54.7 Å². The minimum Gasteiger partial charge on any atom is -0.483 e. The molecule has 3 aromatic rings. The van der Waals surface area contributed by atoms with Crippen molar-refractivity contribution in [2.45, 2.75) is 45.9 Å². The topological polar surface area (TPSA) is 88.5 Å². The van der Waals surface area contributed by atoms with Crippen molar-refractivity contribution >= 4 is 23.2 Å². The number of nitrogens with one attached hydrogen (secondary N) is 1. The molecule has 36 heavy (non-hydrogen) atoms. The number of aromatic nitrogens is 1. The van der Waals surface area contributed by atoms with Gasteiger partial charge >= 0.3 is 12.1 Å². The highest BCUT2D eigenvalue weighted by atomic mass is 32.1. The number of benzene rings is 1. The van der Waals surface area contributed by atoms with Gasteiger partial charge in [-0.05, 0) is 48.2 Å². The van der Waals surface area contributed by atoms with Crippen molar-refractivity contribution in [1.82, 2.24) is 10.3 Å². The molecule has 0 spiro atoms. The molecule has 0 bridgehead atoms. The second-order valence-electron chi connectivity index (χ2n) is 9.43. The quantitative estimate of drug-likeness (QED) is 0.332. The van der Waals surface area contributed by atoms with Gasteiger partial charge in [0.15, 0.2) is 0 Å². The van der Waals surface area contributed by atoms with E-state index >= 15 is 0 Å². The first kappa shape index (κ1) is 27.2. The summed E-state index contributed by atoms with van der Waals surface area (Å²) in [6.45, 7) is 6.26. The second-order valence-corrected chi connectivity index (χ2v) is 10.5. The third-order valence-corrected chi connectivity index (χ3v) is 6.29. The number of rotatable bonds is 9. The van der Waals surface area contributed by atoms with Gasteiger partial charge in [0.05, 0.1) is 28.8 Å². The molecule has 10 heteroatoms. The van der Waals surface area contributed by atoms with Crippen molar-refractivity contribution in [2.75, 3.05) is 6.54 Å². The molecule has 2 heterocycles. The van der Waals surface area contributed by atoms with E-state index in [1.165, 1.54) is 29.7 Å². The van der Waals surface area contributed by atoms with Crippen LogP contribution in [0, 0.1) is 5.41 Å². The summed E-state index contributed by atoms with van der Waals surface area (Å²) in [7, 11) is 0. The molecule has 192 valence electrons. The summed E-state index contributed by atoms with van der Waals surface area (Å²) in [5.41, 5.74) is 0.256. The summed E-state index contributed by atoms with van der Waals surface area (Å²) in [4.78, 5) is 28.6. The Labute approximate surface area is 211 Å². The Morgan fingerprint density at radius 1 is 1.06 bits per heavy atom. The monoisotopic (exact) mass is 520 g/mol. The van der Waals surface area contributed by atoms with Gasteiger partial charge in [-0.25, -0.2) is 0 Å². The largest absolute Gasteiger partial charge is 0.483 e. The molecule has 2 aromatic heterocycles. The number of halogens is 3. The van der Waals surface area contributed by atoms with E-state index < -0.39 is 17.7 Å². The van der Waals surface area contributed by atoms with Crippen LogP contribution in [0.4, 0.5) is 13.2 Å². The predicted molar refractivity (Wildman–Crippen MR) is 131 cm³/mol. The van der Waals surface area contributed by atoms with E-state index in [0.717, 1.165) is 17.0 Å². The standard InChI is InChI=1S/C26H27F3N2O4S/c1-25(2,3)14-20(21-10-11-22(36-21)24(34)30-13-12-23(32)33)35-18-8-9-19(31-15-18)16-4-6-17(7-5-16)26(27,28)29/h4-11,15,20H,12-14H2,1-3H3,(H,30,34)(H,32,33)/t20-/m1/s1. The van der Waals surface area contributed by atoms with E-state index in [1.807, 2.05) is 6.07 Å². The van der Waals surface area contributed by atoms with E-state index in [4.69, 9.17) is 9.84 Å². The first-order valence-electron chi connectivity index (χ1n) is 11.2. The summed E-state index contributed by atoms with van der Waals surface area (Å²) in [6.07, 6.45) is -2.75. The van der Waals surface area contributed by atoms with Crippen LogP contribution in [0.1, 0.15) is 59.8 Å². The van der Waals surface area contributed by atoms with Crippen LogP contribution in [0.3, 0.4) is 0 Å². The molecule has 0 aliphatic rings. The Balaban J connectivity index is 1.74. The number of carboxylic acids is 1. The molecule has 1 amide bonds. The van der Waals surface area contributed by atoms with Crippen molar-refractivity contribution in [1.29, 1.82) is 0 Å². The van der Waals surface area contributed by atoms with E-state index in [1.54, 1.807) is 18.2 Å². The number of carbonyl (C=O) groups excluding carboxylic acids is 1. The molecule has 0 aliphatic carbocycles. The maximum atomic E-state index is 12.8. The fourth-order valence-corrected chi connectivity index (χ4v) is 4.34. The van der Waals surface area contributed by atoms with Crippen LogP contribution in [-0.4, -0.2) is 28.5 Å². The van der Waals surface area contributed by atoms with Crippen LogP contribution in [0.5, 0.6) is 5.75 Å². The molecule has 0 unspecified atom stereocenters. The molecule has 2 N–H and O–H groups in total. The predicted octanol–water partition coefficient (Wildman–Crippen LogP) is 6.59. The summed E-state index contributed by atoms with van der Waals surface area (Å²) < 4.78 is 44.7. The lowest BCUT2D eigenvalue weighted by molar-refractivity contribution is -0.138. The highest BCUT2D eigenvalue weighted by Gasteiger charge is 2.30. The van der Waals surface area contributed by atoms with Gasteiger partial charge in [-0.3, -0.25) is 14.6 Å². The maximum Gasteiger partial charge on any atom is 0.416 e. The third-order valence-electron chi connectivity index (χ3n) is 5.11. The van der Waals surface area contributed by atoms with Gasteiger partial charge in [0.1, 0.15) is 11.9 Å². The number of hydrogen-bond acceptors (Lipinski definition) is 5. The fraction of sp³-hybridized carbons (Fsp3) is 0.346. The number of carbonyl (C=O) groups is 2. The van der Waals surface area contributed by atoms with Gasteiger partial charge in [-0.1, -0.05) is 32.9 Å². The summed E-state index contributed by atoms with van der Waals surface area (Å²) in [5.74, 6) is -0.843. The smallest absolute Gasteiger partial charge is 0.416 e. The van der Waals surface area contributed by atoms with Crippen LogP contribution in [-0.2, 0) is 11.0 Å². The Bertz CT molecular complexity index is 1180. The Kier molecular flexibility index (Phi) is 8.39. The summed E-state index contributed by atoms with van der Waals surface area (Å²) >= 11 is 1.27. The van der Waals surface area contributed by atoms with Crippen LogP contribution < -0.4 is 10.1 Å². The van der Waals surface area contributed by atoms with Gasteiger partial charge in [0.2, 0.25) is 0 Å². The number of thiophene rings is 1. The molecule has 0 radical (unpaired) electrons. The van der Waals surface area contributed by atoms with Crippen LogP contribution in [0.2, 0.25) is 0 Å². The highest BCUT2D eigenvalue weighted by molar-refractivity contribution is 7.14. The number of hydrogen-bond donors (Lipinski definition) is 2. The van der Waals surface area contributed by atoms with Gasteiger partial charge in [0, 0.05) is 17.0 Å². The molecule has 1 atom stereocenters. The van der Waals surface area contributed by atoms with Gasteiger partial charge in [0.25, 0.3) is 5.91 Å². The van der Waals surface area contributed by atoms with Gasteiger partial charge in [-0.15, -0.1) is 11.3 Å². The van der Waals surface area contributed by atoms with Gasteiger partial charge in [-0.2, -0.15) is 13.2 Å². The number of ether oxygens (including phenoxy) is 1. The first-order valence-corrected chi connectivity index (χ1v) is 12.0. The molecule has 0 saturated carbocycles. The van der Waals surface area contributed by atoms with Crippen molar-refractivity contribution in [2.24, 2.45) is 5.41 Å². The molecule has 1 aromatic carbocycles. The molecule has 6 nitrogen and oxygen atoms in total. The maximum absolute atomic E-state index is 12.8. The second kappa shape index (κ2) is 11.1. The zero-order chi connectivity index (χ0) is 26.5. The number of carboxylic acid groups (broad SMARTS) is 1. The minimum atomic E-state index is -4.40. The zero-order valence-electron chi connectivity index (χ0n) is 20.1. The average molecular weight is 521 g/mol. The lowest BCUT2D eigenvalue weighted by atomic mass is 9.88. The number of alkyl halides is 3. The number of amides is 1. The van der Waals surface area contributed by atoms with Crippen molar-refractivity contribution in [3.05, 3.63) is 70.0 Å². The van der Waals surface area contributed by atoms with E-state index in [0.29, 0.717) is 28.3 Å².